The molecule has 25 heavy (non-hydrogen) atoms. The van der Waals surface area contributed by atoms with Crippen molar-refractivity contribution < 1.29 is 9.18 Å². The second-order valence-corrected chi connectivity index (χ2v) is 5.98. The van der Waals surface area contributed by atoms with Crippen LogP contribution in [0.5, 0.6) is 0 Å². The van der Waals surface area contributed by atoms with Gasteiger partial charge < -0.3 is 16.0 Å². The third-order valence-corrected chi connectivity index (χ3v) is 3.39. The van der Waals surface area contributed by atoms with Gasteiger partial charge in [0.05, 0.1) is 6.54 Å². The molecule has 1 aromatic carbocycles. The van der Waals surface area contributed by atoms with Crippen molar-refractivity contribution >= 4 is 35.8 Å². The van der Waals surface area contributed by atoms with Crippen molar-refractivity contribution in [3.05, 3.63) is 35.1 Å². The largest absolute Gasteiger partial charge is 0.357 e. The fourth-order valence-electron chi connectivity index (χ4n) is 2.26. The van der Waals surface area contributed by atoms with Crippen LogP contribution >= 0.6 is 24.0 Å². The molecule has 0 unspecified atom stereocenters. The molecule has 0 aliphatic rings. The van der Waals surface area contributed by atoms with Crippen molar-refractivity contribution in [2.24, 2.45) is 4.99 Å². The SMILES string of the molecule is CCNC(=NCCC(=O)NC(C)C)NCCc1ccc(F)cc1C.I. The van der Waals surface area contributed by atoms with Gasteiger partial charge in [0.15, 0.2) is 5.96 Å². The molecule has 0 radical (unpaired) electrons. The normalized spacial score (nSPS) is 11.0. The number of nitrogens with zero attached hydrogens (tertiary/aromatic N) is 1. The first kappa shape index (κ1) is 23.6. The fraction of sp³-hybridized carbons (Fsp3) is 0.556. The van der Waals surface area contributed by atoms with Crippen molar-refractivity contribution in [3.8, 4) is 0 Å². The first-order chi connectivity index (χ1) is 11.4. The molecule has 0 heterocycles. The van der Waals surface area contributed by atoms with Crippen LogP contribution in [0.1, 0.15) is 38.3 Å². The van der Waals surface area contributed by atoms with E-state index >= 15 is 0 Å². The zero-order valence-corrected chi connectivity index (χ0v) is 17.8. The van der Waals surface area contributed by atoms with Gasteiger partial charge in [-0.1, -0.05) is 6.07 Å². The monoisotopic (exact) mass is 464 g/mol. The van der Waals surface area contributed by atoms with E-state index in [1.165, 1.54) is 6.07 Å². The predicted octanol–water partition coefficient (Wildman–Crippen LogP) is 2.76. The summed E-state index contributed by atoms with van der Waals surface area (Å²) in [6.45, 7) is 9.64. The van der Waals surface area contributed by atoms with Gasteiger partial charge in [0, 0.05) is 25.6 Å². The van der Waals surface area contributed by atoms with Crippen molar-refractivity contribution in [2.75, 3.05) is 19.6 Å². The molecular formula is C18H30FIN4O. The number of amides is 1. The van der Waals surface area contributed by atoms with E-state index in [4.69, 9.17) is 0 Å². The molecule has 0 fully saturated rings. The summed E-state index contributed by atoms with van der Waals surface area (Å²) in [5.41, 5.74) is 2.06. The van der Waals surface area contributed by atoms with Gasteiger partial charge in [-0.2, -0.15) is 0 Å². The molecule has 7 heteroatoms. The second-order valence-electron chi connectivity index (χ2n) is 5.98. The lowest BCUT2D eigenvalue weighted by Crippen LogP contribution is -2.38. The number of aliphatic imine (C=N–C) groups is 1. The van der Waals surface area contributed by atoms with Crippen molar-refractivity contribution in [1.82, 2.24) is 16.0 Å². The molecule has 0 spiro atoms. The maximum absolute atomic E-state index is 13.1. The molecule has 0 atom stereocenters. The summed E-state index contributed by atoms with van der Waals surface area (Å²) in [4.78, 5) is 16.0. The summed E-state index contributed by atoms with van der Waals surface area (Å²) in [6, 6.07) is 4.98. The molecule has 0 aliphatic carbocycles. The van der Waals surface area contributed by atoms with Crippen LogP contribution in [0.4, 0.5) is 4.39 Å². The molecule has 0 saturated heterocycles. The number of guanidine groups is 1. The highest BCUT2D eigenvalue weighted by atomic mass is 127. The van der Waals surface area contributed by atoms with E-state index in [0.29, 0.717) is 25.5 Å². The molecule has 0 aromatic heterocycles. The number of aryl methyl sites for hydroxylation is 1. The van der Waals surface area contributed by atoms with Gasteiger partial charge in [-0.3, -0.25) is 9.79 Å². The Balaban J connectivity index is 0.00000576. The van der Waals surface area contributed by atoms with Gasteiger partial charge in [-0.25, -0.2) is 4.39 Å². The van der Waals surface area contributed by atoms with Crippen LogP contribution in [0.15, 0.2) is 23.2 Å². The van der Waals surface area contributed by atoms with E-state index in [0.717, 1.165) is 24.1 Å². The standard InChI is InChI=1S/C18H29FN4O.HI/c1-5-20-18(22-11-9-17(24)23-13(2)3)21-10-8-15-6-7-16(19)12-14(15)4;/h6-7,12-13H,5,8-11H2,1-4H3,(H,23,24)(H2,20,21,22);1H. The first-order valence-corrected chi connectivity index (χ1v) is 8.49. The molecule has 1 amide bonds. The number of hydrogen-bond acceptors (Lipinski definition) is 2. The molecule has 0 saturated carbocycles. The van der Waals surface area contributed by atoms with Gasteiger partial charge in [0.25, 0.3) is 0 Å². The van der Waals surface area contributed by atoms with Gasteiger partial charge >= 0.3 is 0 Å². The van der Waals surface area contributed by atoms with Crippen molar-refractivity contribution in [3.63, 3.8) is 0 Å². The minimum Gasteiger partial charge on any atom is -0.357 e. The van der Waals surface area contributed by atoms with E-state index < -0.39 is 0 Å². The Bertz CT molecular complexity index is 564. The lowest BCUT2D eigenvalue weighted by atomic mass is 10.1. The number of benzene rings is 1. The predicted molar refractivity (Wildman–Crippen MR) is 112 cm³/mol. The zero-order valence-electron chi connectivity index (χ0n) is 15.5. The smallest absolute Gasteiger partial charge is 0.222 e. The van der Waals surface area contributed by atoms with Gasteiger partial charge in [0.2, 0.25) is 5.91 Å². The van der Waals surface area contributed by atoms with Gasteiger partial charge in [-0.15, -0.1) is 24.0 Å². The maximum atomic E-state index is 13.1. The number of halogens is 2. The average molecular weight is 464 g/mol. The molecule has 1 rings (SSSR count). The number of nitrogens with one attached hydrogen (secondary N) is 3. The van der Waals surface area contributed by atoms with Crippen LogP contribution in [0, 0.1) is 12.7 Å². The summed E-state index contributed by atoms with van der Waals surface area (Å²) in [6.07, 6.45) is 1.15. The summed E-state index contributed by atoms with van der Waals surface area (Å²) in [7, 11) is 0. The Morgan fingerprint density at radius 1 is 1.28 bits per heavy atom. The first-order valence-electron chi connectivity index (χ1n) is 8.49. The molecular weight excluding hydrogens is 434 g/mol. The van der Waals surface area contributed by atoms with Crippen LogP contribution < -0.4 is 16.0 Å². The third-order valence-electron chi connectivity index (χ3n) is 3.39. The quantitative estimate of drug-likeness (QED) is 0.315. The van der Waals surface area contributed by atoms with Crippen LogP contribution in [0.2, 0.25) is 0 Å². The Morgan fingerprint density at radius 3 is 2.60 bits per heavy atom. The summed E-state index contributed by atoms with van der Waals surface area (Å²) in [5.74, 6) is 0.486. The third kappa shape index (κ3) is 10.3. The summed E-state index contributed by atoms with van der Waals surface area (Å²) >= 11 is 0. The molecule has 1 aromatic rings. The number of hydrogen-bond donors (Lipinski definition) is 3. The lowest BCUT2D eigenvalue weighted by molar-refractivity contribution is -0.121. The Morgan fingerprint density at radius 2 is 2.00 bits per heavy atom. The molecule has 0 aliphatic heterocycles. The van der Waals surface area contributed by atoms with Crippen LogP contribution in [-0.4, -0.2) is 37.5 Å². The van der Waals surface area contributed by atoms with Crippen molar-refractivity contribution in [2.45, 2.75) is 46.6 Å². The van der Waals surface area contributed by atoms with Crippen LogP contribution in [-0.2, 0) is 11.2 Å². The highest BCUT2D eigenvalue weighted by Crippen LogP contribution is 2.10. The van der Waals surface area contributed by atoms with E-state index in [1.807, 2.05) is 33.8 Å². The Labute approximate surface area is 167 Å². The minimum atomic E-state index is -0.209. The van der Waals surface area contributed by atoms with E-state index in [2.05, 4.69) is 20.9 Å². The summed E-state index contributed by atoms with van der Waals surface area (Å²) < 4.78 is 13.1. The topological polar surface area (TPSA) is 65.5 Å². The van der Waals surface area contributed by atoms with Crippen LogP contribution in [0.3, 0.4) is 0 Å². The van der Waals surface area contributed by atoms with E-state index in [1.54, 1.807) is 6.07 Å². The minimum absolute atomic E-state index is 0. The van der Waals surface area contributed by atoms with Gasteiger partial charge in [-0.05, 0) is 57.4 Å². The number of rotatable bonds is 8. The van der Waals surface area contributed by atoms with Crippen molar-refractivity contribution in [1.29, 1.82) is 0 Å². The van der Waals surface area contributed by atoms with Crippen LogP contribution in [0.25, 0.3) is 0 Å². The van der Waals surface area contributed by atoms with E-state index in [9.17, 15) is 9.18 Å². The molecule has 142 valence electrons. The molecule has 3 N–H and O–H groups in total. The zero-order chi connectivity index (χ0) is 17.9. The second kappa shape index (κ2) is 12.9. The maximum Gasteiger partial charge on any atom is 0.222 e. The number of carbonyl (C=O) groups is 1. The highest BCUT2D eigenvalue weighted by Gasteiger charge is 2.04. The Hall–Kier alpha value is -1.38. The van der Waals surface area contributed by atoms with E-state index in [-0.39, 0.29) is 41.7 Å². The highest BCUT2D eigenvalue weighted by molar-refractivity contribution is 14.0. The van der Waals surface area contributed by atoms with Gasteiger partial charge in [0.1, 0.15) is 5.82 Å². The average Bonchev–Trinajstić information content (AvgIpc) is 2.48. The Kier molecular flexibility index (Phi) is 12.2. The summed E-state index contributed by atoms with van der Waals surface area (Å²) in [5, 5.41) is 9.24. The number of carbonyl (C=O) groups excluding carboxylic acids is 1. The fourth-order valence-corrected chi connectivity index (χ4v) is 2.26. The molecule has 5 nitrogen and oxygen atoms in total. The lowest BCUT2D eigenvalue weighted by Gasteiger charge is -2.12. The molecule has 0 bridgehead atoms.